The number of aryl methyl sites for hydroxylation is 2. The number of hydrogen-bond acceptors (Lipinski definition) is 8. The van der Waals surface area contributed by atoms with E-state index in [1.165, 1.54) is 11.1 Å². The molecular formula is C28H36N8O2. The predicted octanol–water partition coefficient (Wildman–Crippen LogP) is 2.75. The SMILES string of the molecule is Cc1ccc(C2(C(O)CN3CCOCC3)CCN(c3cccn4nc(Nc5cnn(C)c5)nc34)CC2)cc1. The number of pyridine rings is 1. The molecule has 10 heteroatoms. The Bertz CT molecular complexity index is 1370. The summed E-state index contributed by atoms with van der Waals surface area (Å²) in [6.07, 6.45) is 6.83. The zero-order valence-corrected chi connectivity index (χ0v) is 22.1. The topological polar surface area (TPSA) is 96.0 Å². The number of nitrogens with zero attached hydrogens (tertiary/aromatic N) is 7. The number of fused-ring (bicyclic) bond motifs is 1. The van der Waals surface area contributed by atoms with Crippen LogP contribution in [0.1, 0.15) is 24.0 Å². The third-order valence-corrected chi connectivity index (χ3v) is 8.10. The smallest absolute Gasteiger partial charge is 0.247 e. The first-order valence-electron chi connectivity index (χ1n) is 13.4. The fraction of sp³-hybridized carbons (Fsp3) is 0.464. The highest BCUT2D eigenvalue weighted by Crippen LogP contribution is 2.41. The van der Waals surface area contributed by atoms with Gasteiger partial charge in [0, 0.05) is 57.6 Å². The molecule has 200 valence electrons. The molecule has 2 aliphatic heterocycles. The van der Waals surface area contributed by atoms with Crippen molar-refractivity contribution in [2.75, 3.05) is 56.2 Å². The molecule has 2 aliphatic rings. The summed E-state index contributed by atoms with van der Waals surface area (Å²) in [5.74, 6) is 0.539. The summed E-state index contributed by atoms with van der Waals surface area (Å²) in [7, 11) is 1.88. The van der Waals surface area contributed by atoms with Crippen LogP contribution in [0.15, 0.2) is 55.0 Å². The Hall–Kier alpha value is -3.47. The van der Waals surface area contributed by atoms with Crippen LogP contribution in [0, 0.1) is 6.92 Å². The molecule has 1 unspecified atom stereocenters. The van der Waals surface area contributed by atoms with E-state index in [4.69, 9.17) is 9.72 Å². The second-order valence-corrected chi connectivity index (χ2v) is 10.6. The van der Waals surface area contributed by atoms with Gasteiger partial charge in [0.25, 0.3) is 0 Å². The van der Waals surface area contributed by atoms with E-state index >= 15 is 0 Å². The van der Waals surface area contributed by atoms with E-state index in [0.717, 1.165) is 69.3 Å². The van der Waals surface area contributed by atoms with E-state index in [9.17, 15) is 5.11 Å². The van der Waals surface area contributed by atoms with E-state index in [-0.39, 0.29) is 5.41 Å². The largest absolute Gasteiger partial charge is 0.391 e. The van der Waals surface area contributed by atoms with Gasteiger partial charge in [-0.25, -0.2) is 4.52 Å². The number of aliphatic hydroxyl groups is 1. The number of anilines is 3. The number of benzene rings is 1. The van der Waals surface area contributed by atoms with Crippen molar-refractivity contribution in [1.29, 1.82) is 0 Å². The van der Waals surface area contributed by atoms with Crippen LogP contribution in [0.25, 0.3) is 5.65 Å². The van der Waals surface area contributed by atoms with Crippen molar-refractivity contribution in [3.8, 4) is 0 Å². The average Bonchev–Trinajstić information content (AvgIpc) is 3.54. The van der Waals surface area contributed by atoms with Crippen LogP contribution in [0.2, 0.25) is 0 Å². The Balaban J connectivity index is 1.24. The van der Waals surface area contributed by atoms with Gasteiger partial charge in [-0.05, 0) is 37.5 Å². The van der Waals surface area contributed by atoms with Crippen LogP contribution in [0.4, 0.5) is 17.3 Å². The molecular weight excluding hydrogens is 480 g/mol. The van der Waals surface area contributed by atoms with Crippen LogP contribution in [-0.4, -0.2) is 86.4 Å². The summed E-state index contributed by atoms with van der Waals surface area (Å²) in [6, 6.07) is 12.9. The van der Waals surface area contributed by atoms with Crippen molar-refractivity contribution >= 4 is 23.0 Å². The van der Waals surface area contributed by atoms with E-state index < -0.39 is 6.10 Å². The summed E-state index contributed by atoms with van der Waals surface area (Å²) >= 11 is 0. The lowest BCUT2D eigenvalue weighted by molar-refractivity contribution is -0.0128. The van der Waals surface area contributed by atoms with Gasteiger partial charge in [0.2, 0.25) is 5.95 Å². The third-order valence-electron chi connectivity index (χ3n) is 8.10. The fourth-order valence-electron chi connectivity index (χ4n) is 5.86. The van der Waals surface area contributed by atoms with E-state index in [0.29, 0.717) is 12.5 Å². The third kappa shape index (κ3) is 4.87. The van der Waals surface area contributed by atoms with Crippen molar-refractivity contribution in [2.45, 2.75) is 31.3 Å². The maximum absolute atomic E-state index is 11.7. The van der Waals surface area contributed by atoms with E-state index in [1.807, 2.05) is 30.0 Å². The van der Waals surface area contributed by atoms with Crippen LogP contribution < -0.4 is 10.2 Å². The van der Waals surface area contributed by atoms with Crippen LogP contribution in [-0.2, 0) is 17.2 Å². The maximum Gasteiger partial charge on any atom is 0.247 e. The first-order chi connectivity index (χ1) is 18.5. The minimum Gasteiger partial charge on any atom is -0.391 e. The van der Waals surface area contributed by atoms with Gasteiger partial charge < -0.3 is 20.1 Å². The van der Waals surface area contributed by atoms with Gasteiger partial charge in [-0.15, -0.1) is 5.10 Å². The molecule has 6 rings (SSSR count). The lowest BCUT2D eigenvalue weighted by atomic mass is 9.68. The van der Waals surface area contributed by atoms with E-state index in [1.54, 1.807) is 10.9 Å². The Labute approximate surface area is 222 Å². The highest BCUT2D eigenvalue weighted by Gasteiger charge is 2.43. The number of hydrogen-bond donors (Lipinski definition) is 2. The molecule has 1 atom stereocenters. The number of piperidine rings is 1. The van der Waals surface area contributed by atoms with E-state index in [2.05, 4.69) is 62.6 Å². The predicted molar refractivity (Wildman–Crippen MR) is 147 cm³/mol. The molecule has 0 spiro atoms. The summed E-state index contributed by atoms with van der Waals surface area (Å²) in [5.41, 5.74) is 4.88. The van der Waals surface area contributed by atoms with Gasteiger partial charge in [0.15, 0.2) is 5.65 Å². The molecule has 10 nitrogen and oxygen atoms in total. The fourth-order valence-corrected chi connectivity index (χ4v) is 5.86. The number of β-amino-alcohol motifs (C(OH)–C–C–N with tert-alkyl or cyclic N) is 1. The zero-order valence-electron chi connectivity index (χ0n) is 22.1. The van der Waals surface area contributed by atoms with Gasteiger partial charge in [-0.1, -0.05) is 29.8 Å². The summed E-state index contributed by atoms with van der Waals surface area (Å²) in [4.78, 5) is 9.52. The molecule has 0 radical (unpaired) electrons. The summed E-state index contributed by atoms with van der Waals surface area (Å²) < 4.78 is 9.10. The second-order valence-electron chi connectivity index (χ2n) is 10.6. The molecule has 5 heterocycles. The summed E-state index contributed by atoms with van der Waals surface area (Å²) in [5, 5.41) is 23.8. The highest BCUT2D eigenvalue weighted by atomic mass is 16.5. The molecule has 0 amide bonds. The normalized spacial score (nSPS) is 19.1. The molecule has 4 aromatic rings. The van der Waals surface area contributed by atoms with Crippen molar-refractivity contribution in [1.82, 2.24) is 29.3 Å². The number of rotatable bonds is 7. The lowest BCUT2D eigenvalue weighted by Crippen LogP contribution is -2.54. The van der Waals surface area contributed by atoms with Crippen molar-refractivity contribution < 1.29 is 9.84 Å². The molecule has 3 aromatic heterocycles. The Morgan fingerprint density at radius 2 is 1.84 bits per heavy atom. The molecule has 0 bridgehead atoms. The maximum atomic E-state index is 11.7. The molecule has 0 saturated carbocycles. The van der Waals surface area contributed by atoms with Crippen LogP contribution in [0.5, 0.6) is 0 Å². The number of aromatic nitrogens is 5. The molecule has 38 heavy (non-hydrogen) atoms. The molecule has 1 aromatic carbocycles. The quantitative estimate of drug-likeness (QED) is 0.387. The monoisotopic (exact) mass is 516 g/mol. The first-order valence-corrected chi connectivity index (χ1v) is 13.4. The Morgan fingerprint density at radius 1 is 1.08 bits per heavy atom. The minimum absolute atomic E-state index is 0.297. The Morgan fingerprint density at radius 3 is 2.55 bits per heavy atom. The van der Waals surface area contributed by atoms with Gasteiger partial charge in [0.1, 0.15) is 0 Å². The minimum atomic E-state index is -0.454. The standard InChI is InChI=1S/C28H36N8O2/c1-21-5-7-22(8-6-21)28(25(37)20-34-14-16-38-17-15-34)9-12-35(13-10-28)24-4-3-11-36-26(24)31-27(32-36)30-23-18-29-33(2)19-23/h3-8,11,18-19,25,37H,9-10,12-17,20H2,1-2H3,(H,30,32). The van der Waals surface area contributed by atoms with Gasteiger partial charge in [-0.2, -0.15) is 10.1 Å². The number of nitrogens with one attached hydrogen (secondary N) is 1. The molecule has 0 aliphatic carbocycles. The van der Waals surface area contributed by atoms with Crippen molar-refractivity contribution in [3.05, 3.63) is 66.1 Å². The molecule has 2 fully saturated rings. The first kappa shape index (κ1) is 24.8. The lowest BCUT2D eigenvalue weighted by Gasteiger charge is -2.47. The highest BCUT2D eigenvalue weighted by molar-refractivity contribution is 5.71. The zero-order chi connectivity index (χ0) is 26.1. The van der Waals surface area contributed by atoms with Crippen LogP contribution in [0.3, 0.4) is 0 Å². The number of ether oxygens (including phenoxy) is 1. The summed E-state index contributed by atoms with van der Waals surface area (Å²) in [6.45, 7) is 7.64. The van der Waals surface area contributed by atoms with Gasteiger partial charge in [-0.3, -0.25) is 9.58 Å². The van der Waals surface area contributed by atoms with Gasteiger partial charge >= 0.3 is 0 Å². The van der Waals surface area contributed by atoms with Gasteiger partial charge in [0.05, 0.1) is 36.9 Å². The number of morpholine rings is 1. The number of aliphatic hydroxyl groups excluding tert-OH is 1. The Kier molecular flexibility index (Phi) is 6.77. The van der Waals surface area contributed by atoms with Crippen LogP contribution >= 0.6 is 0 Å². The molecule has 2 saturated heterocycles. The average molecular weight is 517 g/mol. The van der Waals surface area contributed by atoms with Crippen molar-refractivity contribution in [3.63, 3.8) is 0 Å². The van der Waals surface area contributed by atoms with Crippen molar-refractivity contribution in [2.24, 2.45) is 7.05 Å². The second kappa shape index (κ2) is 10.4. The molecule has 2 N–H and O–H groups in total.